The minimum Gasteiger partial charge on any atom is -0.267 e. The van der Waals surface area contributed by atoms with Gasteiger partial charge in [-0.15, -0.1) is 0 Å². The van der Waals surface area contributed by atoms with Gasteiger partial charge in [-0.05, 0) is 18.6 Å². The van der Waals surface area contributed by atoms with E-state index in [0.717, 1.165) is 22.0 Å². The summed E-state index contributed by atoms with van der Waals surface area (Å²) >= 11 is 3.43. The van der Waals surface area contributed by atoms with Crippen LogP contribution in [0.3, 0.4) is 0 Å². The van der Waals surface area contributed by atoms with E-state index in [-0.39, 0.29) is 5.56 Å². The Balaban J connectivity index is 3.00. The van der Waals surface area contributed by atoms with Crippen molar-refractivity contribution in [2.75, 3.05) is 0 Å². The van der Waals surface area contributed by atoms with Gasteiger partial charge in [-0.3, -0.25) is 4.79 Å². The zero-order valence-corrected chi connectivity index (χ0v) is 9.26. The van der Waals surface area contributed by atoms with Gasteiger partial charge in [-0.2, -0.15) is 5.10 Å². The van der Waals surface area contributed by atoms with Crippen LogP contribution < -0.4 is 5.56 Å². The van der Waals surface area contributed by atoms with Crippen LogP contribution in [0.5, 0.6) is 0 Å². The Hall–Kier alpha value is -1.16. The lowest BCUT2D eigenvalue weighted by molar-refractivity contribution is 0.918. The molecular formula is C10H9BrN2O. The summed E-state index contributed by atoms with van der Waals surface area (Å²) in [6.07, 6.45) is 0.801. The minimum absolute atomic E-state index is 0.140. The molecule has 1 N–H and O–H groups in total. The van der Waals surface area contributed by atoms with Crippen molar-refractivity contribution in [3.05, 3.63) is 38.7 Å². The number of nitrogens with zero attached hydrogens (tertiary/aromatic N) is 1. The topological polar surface area (TPSA) is 45.8 Å². The fourth-order valence-corrected chi connectivity index (χ4v) is 2.09. The van der Waals surface area contributed by atoms with E-state index in [4.69, 9.17) is 0 Å². The number of H-pyrrole nitrogens is 1. The largest absolute Gasteiger partial charge is 0.272 e. The molecule has 2 aromatic rings. The highest BCUT2D eigenvalue weighted by Crippen LogP contribution is 2.23. The number of rotatable bonds is 1. The molecule has 0 bridgehead atoms. The fourth-order valence-electron chi connectivity index (χ4n) is 1.50. The maximum atomic E-state index is 11.5. The van der Waals surface area contributed by atoms with Gasteiger partial charge in [0.15, 0.2) is 0 Å². The van der Waals surface area contributed by atoms with Gasteiger partial charge in [0.2, 0.25) is 0 Å². The number of hydrogen-bond acceptors (Lipinski definition) is 2. The van der Waals surface area contributed by atoms with Gasteiger partial charge in [0.1, 0.15) is 0 Å². The smallest absolute Gasteiger partial charge is 0.267 e. The van der Waals surface area contributed by atoms with Crippen LogP contribution in [-0.2, 0) is 6.42 Å². The second-order valence-corrected chi connectivity index (χ2v) is 3.87. The van der Waals surface area contributed by atoms with Crippen LogP contribution in [0.15, 0.2) is 27.5 Å². The number of aromatic amines is 1. The number of benzene rings is 1. The third kappa shape index (κ3) is 1.35. The molecule has 2 rings (SSSR count). The van der Waals surface area contributed by atoms with E-state index in [1.54, 1.807) is 6.07 Å². The Morgan fingerprint density at radius 3 is 3.00 bits per heavy atom. The van der Waals surface area contributed by atoms with Crippen LogP contribution in [0, 0.1) is 0 Å². The molecule has 72 valence electrons. The Morgan fingerprint density at radius 1 is 1.50 bits per heavy atom. The molecule has 0 fully saturated rings. The maximum Gasteiger partial charge on any atom is 0.272 e. The molecule has 0 amide bonds. The van der Waals surface area contributed by atoms with Crippen molar-refractivity contribution in [3.63, 3.8) is 0 Å². The molecule has 0 aliphatic heterocycles. The summed E-state index contributed by atoms with van der Waals surface area (Å²) in [6.45, 7) is 2.01. The first-order valence-electron chi connectivity index (χ1n) is 4.39. The van der Waals surface area contributed by atoms with Crippen molar-refractivity contribution in [1.29, 1.82) is 0 Å². The molecule has 0 saturated heterocycles. The Labute approximate surface area is 89.3 Å². The molecule has 1 heterocycles. The Kier molecular flexibility index (Phi) is 2.37. The van der Waals surface area contributed by atoms with Gasteiger partial charge >= 0.3 is 0 Å². The minimum atomic E-state index is -0.140. The highest BCUT2D eigenvalue weighted by molar-refractivity contribution is 9.10. The summed E-state index contributed by atoms with van der Waals surface area (Å²) in [5, 5.41) is 8.11. The zero-order chi connectivity index (χ0) is 10.1. The molecule has 0 aliphatic carbocycles. The van der Waals surface area contributed by atoms with E-state index >= 15 is 0 Å². The highest BCUT2D eigenvalue weighted by atomic mass is 79.9. The van der Waals surface area contributed by atoms with Gasteiger partial charge in [-0.1, -0.05) is 28.9 Å². The fraction of sp³-hybridized carbons (Fsp3) is 0.200. The predicted octanol–water partition coefficient (Wildman–Crippen LogP) is 2.25. The maximum absolute atomic E-state index is 11.5. The molecule has 0 radical (unpaired) electrons. The third-order valence-electron chi connectivity index (χ3n) is 2.17. The van der Waals surface area contributed by atoms with Crippen molar-refractivity contribution in [2.45, 2.75) is 13.3 Å². The van der Waals surface area contributed by atoms with E-state index in [2.05, 4.69) is 26.1 Å². The van der Waals surface area contributed by atoms with Gasteiger partial charge < -0.3 is 0 Å². The SMILES string of the molecule is CCc1n[nH]c(=O)c2cccc(Br)c12. The lowest BCUT2D eigenvalue weighted by atomic mass is 10.1. The molecule has 0 spiro atoms. The summed E-state index contributed by atoms with van der Waals surface area (Å²) in [5.41, 5.74) is 0.769. The third-order valence-corrected chi connectivity index (χ3v) is 2.83. The molecule has 1 aromatic heterocycles. The summed E-state index contributed by atoms with van der Waals surface area (Å²) in [4.78, 5) is 11.5. The molecule has 1 aromatic carbocycles. The van der Waals surface area contributed by atoms with Gasteiger partial charge in [0, 0.05) is 9.86 Å². The van der Waals surface area contributed by atoms with Crippen LogP contribution in [0.1, 0.15) is 12.6 Å². The number of hydrogen-bond donors (Lipinski definition) is 1. The number of nitrogens with one attached hydrogen (secondary N) is 1. The van der Waals surface area contributed by atoms with Crippen molar-refractivity contribution < 1.29 is 0 Å². The highest BCUT2D eigenvalue weighted by Gasteiger charge is 2.07. The van der Waals surface area contributed by atoms with E-state index in [1.165, 1.54) is 0 Å². The number of aromatic nitrogens is 2. The first-order chi connectivity index (χ1) is 6.74. The molecule has 3 nitrogen and oxygen atoms in total. The van der Waals surface area contributed by atoms with Crippen molar-refractivity contribution in [2.24, 2.45) is 0 Å². The lowest BCUT2D eigenvalue weighted by Gasteiger charge is -2.03. The lowest BCUT2D eigenvalue weighted by Crippen LogP contribution is -2.10. The molecule has 0 atom stereocenters. The number of fused-ring (bicyclic) bond motifs is 1. The second-order valence-electron chi connectivity index (χ2n) is 3.02. The van der Waals surface area contributed by atoms with Crippen molar-refractivity contribution in [3.8, 4) is 0 Å². The van der Waals surface area contributed by atoms with E-state index in [0.29, 0.717) is 5.39 Å². The zero-order valence-electron chi connectivity index (χ0n) is 7.67. The monoisotopic (exact) mass is 252 g/mol. The summed E-state index contributed by atoms with van der Waals surface area (Å²) in [5.74, 6) is 0. The number of halogens is 1. The average Bonchev–Trinajstić information content (AvgIpc) is 2.20. The quantitative estimate of drug-likeness (QED) is 0.847. The van der Waals surface area contributed by atoms with Gasteiger partial charge in [0.25, 0.3) is 5.56 Å². The number of aryl methyl sites for hydroxylation is 1. The predicted molar refractivity (Wildman–Crippen MR) is 59.4 cm³/mol. The van der Waals surface area contributed by atoms with Crippen LogP contribution in [0.2, 0.25) is 0 Å². The van der Waals surface area contributed by atoms with Gasteiger partial charge in [0.05, 0.1) is 11.1 Å². The van der Waals surface area contributed by atoms with E-state index in [9.17, 15) is 4.79 Å². The molecule has 0 saturated carbocycles. The second kappa shape index (κ2) is 3.53. The average molecular weight is 253 g/mol. The van der Waals surface area contributed by atoms with Crippen molar-refractivity contribution in [1.82, 2.24) is 10.2 Å². The van der Waals surface area contributed by atoms with Crippen LogP contribution in [0.25, 0.3) is 10.8 Å². The summed E-state index contributed by atoms with van der Waals surface area (Å²) in [6, 6.07) is 5.57. The summed E-state index contributed by atoms with van der Waals surface area (Å²) in [7, 11) is 0. The molecular weight excluding hydrogens is 244 g/mol. The first kappa shape index (κ1) is 9.40. The van der Waals surface area contributed by atoms with Crippen molar-refractivity contribution >= 4 is 26.7 Å². The van der Waals surface area contributed by atoms with Crippen LogP contribution >= 0.6 is 15.9 Å². The Bertz CT molecular complexity index is 533. The van der Waals surface area contributed by atoms with Crippen LogP contribution in [0.4, 0.5) is 0 Å². The standard InChI is InChI=1S/C10H9BrN2O/c1-2-8-9-6(10(14)13-12-8)4-3-5-7(9)11/h3-5H,2H2,1H3,(H,13,14). The van der Waals surface area contributed by atoms with Gasteiger partial charge in [-0.25, -0.2) is 5.10 Å². The summed E-state index contributed by atoms with van der Waals surface area (Å²) < 4.78 is 0.922. The first-order valence-corrected chi connectivity index (χ1v) is 5.19. The normalized spacial score (nSPS) is 10.7. The molecule has 14 heavy (non-hydrogen) atoms. The molecule has 0 aliphatic rings. The Morgan fingerprint density at radius 2 is 2.29 bits per heavy atom. The molecule has 0 unspecified atom stereocenters. The van der Waals surface area contributed by atoms with Crippen LogP contribution in [-0.4, -0.2) is 10.2 Å². The van der Waals surface area contributed by atoms with E-state index in [1.807, 2.05) is 19.1 Å². The molecule has 4 heteroatoms. The van der Waals surface area contributed by atoms with E-state index < -0.39 is 0 Å².